The van der Waals surface area contributed by atoms with E-state index in [4.69, 9.17) is 32.0 Å². The number of anilines is 1. The van der Waals surface area contributed by atoms with Crippen molar-refractivity contribution in [3.8, 4) is 22.8 Å². The number of carbonyl (C=O) groups is 1. The van der Waals surface area contributed by atoms with Gasteiger partial charge in [0.25, 0.3) is 0 Å². The Morgan fingerprint density at radius 2 is 1.79 bits per heavy atom. The van der Waals surface area contributed by atoms with Gasteiger partial charge in [0.2, 0.25) is 11.8 Å². The van der Waals surface area contributed by atoms with Crippen LogP contribution in [0.15, 0.2) is 81.8 Å². The van der Waals surface area contributed by atoms with Crippen molar-refractivity contribution >= 4 is 52.1 Å². The molecule has 0 aliphatic carbocycles. The molecule has 0 radical (unpaired) electrons. The van der Waals surface area contributed by atoms with E-state index < -0.39 is 0 Å². The summed E-state index contributed by atoms with van der Waals surface area (Å²) in [4.78, 5) is 21.1. The quantitative estimate of drug-likeness (QED) is 0.259. The Labute approximate surface area is 204 Å². The largest absolute Gasteiger partial charge is 0.457 e. The lowest BCUT2D eigenvalue weighted by molar-refractivity contribution is -0.111. The van der Waals surface area contributed by atoms with Crippen LogP contribution in [0.3, 0.4) is 0 Å². The molecule has 0 aliphatic rings. The number of carbonyl (C=O) groups excluding carboxylic acids is 1. The summed E-state index contributed by atoms with van der Waals surface area (Å²) < 4.78 is 11.6. The molecule has 0 atom stereocenters. The highest BCUT2D eigenvalue weighted by atomic mass is 35.5. The zero-order valence-electron chi connectivity index (χ0n) is 17.9. The molecule has 0 fully saturated rings. The maximum Gasteiger partial charge on any atom is 0.248 e. The maximum absolute atomic E-state index is 12.5. The second-order valence-corrected chi connectivity index (χ2v) is 8.43. The first-order valence-corrected chi connectivity index (χ1v) is 11.1. The van der Waals surface area contributed by atoms with E-state index in [-0.39, 0.29) is 5.91 Å². The van der Waals surface area contributed by atoms with Crippen molar-refractivity contribution in [1.29, 1.82) is 0 Å². The second kappa shape index (κ2) is 9.17. The van der Waals surface area contributed by atoms with Crippen molar-refractivity contribution in [2.45, 2.75) is 6.92 Å². The molecule has 1 N–H and O–H groups in total. The summed E-state index contributed by atoms with van der Waals surface area (Å²) >= 11 is 12.1. The van der Waals surface area contributed by atoms with E-state index in [9.17, 15) is 4.79 Å². The fourth-order valence-electron chi connectivity index (χ4n) is 3.46. The van der Waals surface area contributed by atoms with Crippen LogP contribution in [0.4, 0.5) is 5.69 Å². The summed E-state index contributed by atoms with van der Waals surface area (Å²) in [6.07, 6.45) is 4.68. The van der Waals surface area contributed by atoms with Crippen LogP contribution in [0, 0.1) is 6.92 Å². The number of rotatable bonds is 5. The Morgan fingerprint density at radius 1 is 0.971 bits per heavy atom. The van der Waals surface area contributed by atoms with Crippen molar-refractivity contribution in [3.63, 3.8) is 0 Å². The summed E-state index contributed by atoms with van der Waals surface area (Å²) in [6.45, 7) is 1.90. The van der Waals surface area contributed by atoms with Gasteiger partial charge in [-0.05, 0) is 79.2 Å². The Kier molecular flexibility index (Phi) is 5.92. The number of benzene rings is 2. The Morgan fingerprint density at radius 3 is 2.56 bits per heavy atom. The summed E-state index contributed by atoms with van der Waals surface area (Å²) in [5.41, 5.74) is 4.28. The third kappa shape index (κ3) is 4.73. The zero-order valence-corrected chi connectivity index (χ0v) is 19.4. The standard InChI is InChI=1S/C26H17Cl2N3O3/c1-15-11-16(26-31-25-23(34-26)3-2-10-29-25)4-7-21(15)30-24(32)9-6-20-5-8-22(33-20)17-12-18(27)14-19(28)13-17/h2-14H,1H3,(H,30,32)/b9-6+. The molecule has 0 saturated carbocycles. The van der Waals surface area contributed by atoms with Crippen molar-refractivity contribution in [3.05, 3.63) is 94.3 Å². The first-order chi connectivity index (χ1) is 16.4. The average Bonchev–Trinajstić information content (AvgIpc) is 3.46. The maximum atomic E-state index is 12.5. The van der Waals surface area contributed by atoms with Gasteiger partial charge in [-0.15, -0.1) is 0 Å². The monoisotopic (exact) mass is 489 g/mol. The number of halogens is 2. The fraction of sp³-hybridized carbons (Fsp3) is 0.0385. The molecule has 168 valence electrons. The molecular weight excluding hydrogens is 473 g/mol. The van der Waals surface area contributed by atoms with Gasteiger partial charge in [-0.2, -0.15) is 4.98 Å². The highest BCUT2D eigenvalue weighted by Crippen LogP contribution is 2.29. The highest BCUT2D eigenvalue weighted by Gasteiger charge is 2.11. The molecule has 0 unspecified atom stereocenters. The Balaban J connectivity index is 1.28. The van der Waals surface area contributed by atoms with Crippen molar-refractivity contribution in [1.82, 2.24) is 9.97 Å². The van der Waals surface area contributed by atoms with Crippen LogP contribution in [0.25, 0.3) is 40.1 Å². The second-order valence-electron chi connectivity index (χ2n) is 7.56. The number of nitrogens with zero attached hydrogens (tertiary/aromatic N) is 2. The van der Waals surface area contributed by atoms with E-state index in [0.29, 0.717) is 44.4 Å². The lowest BCUT2D eigenvalue weighted by atomic mass is 10.1. The van der Waals surface area contributed by atoms with Gasteiger partial charge in [-0.3, -0.25) is 4.79 Å². The molecule has 0 aliphatic heterocycles. The lowest BCUT2D eigenvalue weighted by Gasteiger charge is -2.07. The van der Waals surface area contributed by atoms with E-state index in [1.807, 2.05) is 31.2 Å². The highest BCUT2D eigenvalue weighted by molar-refractivity contribution is 6.35. The molecule has 2 aromatic carbocycles. The molecule has 3 heterocycles. The normalized spacial score (nSPS) is 11.4. The smallest absolute Gasteiger partial charge is 0.248 e. The first kappa shape index (κ1) is 21.9. The van der Waals surface area contributed by atoms with Gasteiger partial charge in [-0.25, -0.2) is 4.98 Å². The molecule has 0 spiro atoms. The number of furan rings is 1. The first-order valence-electron chi connectivity index (χ1n) is 10.3. The van der Waals surface area contributed by atoms with E-state index in [1.54, 1.807) is 48.7 Å². The zero-order chi connectivity index (χ0) is 23.7. The number of nitrogens with one attached hydrogen (secondary N) is 1. The lowest BCUT2D eigenvalue weighted by Crippen LogP contribution is -2.08. The summed E-state index contributed by atoms with van der Waals surface area (Å²) in [5, 5.41) is 3.91. The number of amides is 1. The molecular formula is C26H17Cl2N3O3. The average molecular weight is 490 g/mol. The molecule has 1 amide bonds. The third-order valence-electron chi connectivity index (χ3n) is 5.07. The molecule has 6 nitrogen and oxygen atoms in total. The van der Waals surface area contributed by atoms with Crippen LogP contribution in [-0.4, -0.2) is 15.9 Å². The fourth-order valence-corrected chi connectivity index (χ4v) is 3.98. The number of hydrogen-bond acceptors (Lipinski definition) is 5. The van der Waals surface area contributed by atoms with E-state index in [2.05, 4.69) is 15.3 Å². The van der Waals surface area contributed by atoms with Crippen LogP contribution in [0.1, 0.15) is 11.3 Å². The van der Waals surface area contributed by atoms with Crippen LogP contribution < -0.4 is 5.32 Å². The Bertz CT molecular complexity index is 1500. The number of oxazole rings is 1. The molecule has 8 heteroatoms. The molecule has 3 aromatic heterocycles. The molecule has 0 bridgehead atoms. The number of aryl methyl sites for hydroxylation is 1. The molecule has 5 aromatic rings. The van der Waals surface area contributed by atoms with Crippen LogP contribution in [-0.2, 0) is 4.79 Å². The SMILES string of the molecule is Cc1cc(-c2nc3ncccc3o2)ccc1NC(=O)/C=C/c1ccc(-c2cc(Cl)cc(Cl)c2)o1. The molecule has 34 heavy (non-hydrogen) atoms. The summed E-state index contributed by atoms with van der Waals surface area (Å²) in [7, 11) is 0. The van der Waals surface area contributed by atoms with Gasteiger partial charge in [-0.1, -0.05) is 23.2 Å². The van der Waals surface area contributed by atoms with Crippen molar-refractivity contribution in [2.24, 2.45) is 0 Å². The molecule has 0 saturated heterocycles. The van der Waals surface area contributed by atoms with Crippen LogP contribution >= 0.6 is 23.2 Å². The molecule has 5 rings (SSSR count). The van der Waals surface area contributed by atoms with Crippen molar-refractivity contribution in [2.75, 3.05) is 5.32 Å². The van der Waals surface area contributed by atoms with Crippen LogP contribution in [0.2, 0.25) is 10.0 Å². The van der Waals surface area contributed by atoms with Crippen LogP contribution in [0.5, 0.6) is 0 Å². The van der Waals surface area contributed by atoms with Gasteiger partial charge in [0.15, 0.2) is 11.2 Å². The number of pyridine rings is 1. The Hall–Kier alpha value is -3.87. The minimum Gasteiger partial charge on any atom is -0.457 e. The summed E-state index contributed by atoms with van der Waals surface area (Å²) in [6, 6.07) is 17.9. The van der Waals surface area contributed by atoms with Gasteiger partial charge in [0, 0.05) is 39.1 Å². The van der Waals surface area contributed by atoms with Gasteiger partial charge in [0.05, 0.1) is 0 Å². The van der Waals surface area contributed by atoms with E-state index in [0.717, 1.165) is 16.7 Å². The minimum absolute atomic E-state index is 0.286. The van der Waals surface area contributed by atoms with Gasteiger partial charge < -0.3 is 14.2 Å². The number of aromatic nitrogens is 2. The topological polar surface area (TPSA) is 81.2 Å². The third-order valence-corrected chi connectivity index (χ3v) is 5.51. The summed E-state index contributed by atoms with van der Waals surface area (Å²) in [5.74, 6) is 1.32. The van der Waals surface area contributed by atoms with Gasteiger partial charge in [0.1, 0.15) is 11.5 Å². The number of hydrogen-bond donors (Lipinski definition) is 1. The van der Waals surface area contributed by atoms with E-state index in [1.165, 1.54) is 6.08 Å². The predicted octanol–water partition coefficient (Wildman–Crippen LogP) is 7.42. The van der Waals surface area contributed by atoms with E-state index >= 15 is 0 Å². The van der Waals surface area contributed by atoms with Crippen molar-refractivity contribution < 1.29 is 13.6 Å². The predicted molar refractivity (Wildman–Crippen MR) is 134 cm³/mol. The minimum atomic E-state index is -0.286. The van der Waals surface area contributed by atoms with Gasteiger partial charge >= 0.3 is 0 Å². The number of fused-ring (bicyclic) bond motifs is 1.